The average Bonchev–Trinajstić information content (AvgIpc) is 3.21. The third-order valence-electron chi connectivity index (χ3n) is 3.06. The number of alkyl halides is 1. The fourth-order valence-corrected chi connectivity index (χ4v) is 2.27. The number of pyridine rings is 1. The second-order valence-corrected chi connectivity index (χ2v) is 5.84. The van der Waals surface area contributed by atoms with Gasteiger partial charge in [0, 0.05) is 18.8 Å². The Morgan fingerprint density at radius 2 is 2.09 bits per heavy atom. The van der Waals surface area contributed by atoms with Crippen LogP contribution < -0.4 is 5.32 Å². The highest BCUT2D eigenvalue weighted by Crippen LogP contribution is 2.32. The fourth-order valence-electron chi connectivity index (χ4n) is 1.70. The van der Waals surface area contributed by atoms with Gasteiger partial charge in [-0.05, 0) is 6.92 Å². The van der Waals surface area contributed by atoms with E-state index in [1.807, 2.05) is 0 Å². The second-order valence-electron chi connectivity index (χ2n) is 4.72. The van der Waals surface area contributed by atoms with Gasteiger partial charge in [-0.15, -0.1) is 0 Å². The predicted octanol–water partition coefficient (Wildman–Crippen LogP) is 3.37. The van der Waals surface area contributed by atoms with Crippen LogP contribution in [-0.2, 0) is 9.53 Å². The van der Waals surface area contributed by atoms with Gasteiger partial charge in [0.2, 0.25) is 5.78 Å². The number of Topliss-reactive ketones (excluding diaryl/α,β-unsaturated/α-hetero) is 1. The van der Waals surface area contributed by atoms with Crippen LogP contribution in [0.3, 0.4) is 0 Å². The third-order valence-corrected chi connectivity index (χ3v) is 4.30. The molecule has 1 aromatic heterocycles. The molecule has 1 heterocycles. The van der Waals surface area contributed by atoms with E-state index in [0.717, 1.165) is 12.4 Å². The van der Waals surface area contributed by atoms with E-state index < -0.39 is 24.0 Å². The van der Waals surface area contributed by atoms with Crippen molar-refractivity contribution in [2.24, 2.45) is 0 Å². The van der Waals surface area contributed by atoms with Gasteiger partial charge in [0.25, 0.3) is 0 Å². The first-order valence-corrected chi connectivity index (χ1v) is 7.81. The van der Waals surface area contributed by atoms with E-state index in [1.165, 1.54) is 0 Å². The number of nitrogens with zero attached hydrogens (tertiary/aromatic N) is 1. The monoisotopic (exact) mass is 380 g/mol. The van der Waals surface area contributed by atoms with Gasteiger partial charge < -0.3 is 10.1 Å². The molecule has 1 saturated carbocycles. The summed E-state index contributed by atoms with van der Waals surface area (Å²) in [5.41, 5.74) is -0.428. The largest absolute Gasteiger partial charge is 0.462 e. The minimum absolute atomic E-state index is 0.0637. The summed E-state index contributed by atoms with van der Waals surface area (Å²) in [6, 6.07) is -0.422. The summed E-state index contributed by atoms with van der Waals surface area (Å²) in [5.74, 6) is -1.61. The van der Waals surface area contributed by atoms with Crippen LogP contribution in [0.5, 0.6) is 0 Å². The number of hydrogen-bond donors (Lipinski definition) is 1. The van der Waals surface area contributed by atoms with Crippen LogP contribution in [-0.4, -0.2) is 35.6 Å². The van der Waals surface area contributed by atoms with Crippen molar-refractivity contribution in [3.05, 3.63) is 38.7 Å². The molecule has 1 aromatic rings. The topological polar surface area (TPSA) is 68.3 Å². The lowest BCUT2D eigenvalue weighted by molar-refractivity contribution is -0.138. The Kier molecular flexibility index (Phi) is 5.84. The van der Waals surface area contributed by atoms with Gasteiger partial charge in [0.15, 0.2) is 0 Å². The summed E-state index contributed by atoms with van der Waals surface area (Å²) in [6.45, 7) is 1.67. The second kappa shape index (κ2) is 7.47. The number of carbonyl (C=O) groups excluding carboxylic acids is 2. The molecule has 0 bridgehead atoms. The highest BCUT2D eigenvalue weighted by molar-refractivity contribution is 6.49. The molecule has 0 radical (unpaired) electrons. The normalized spacial score (nSPS) is 20.1. The molecule has 0 amide bonds. The van der Waals surface area contributed by atoms with Gasteiger partial charge in [-0.2, -0.15) is 0 Å². The number of carbonyl (C=O) groups is 2. The van der Waals surface area contributed by atoms with E-state index in [-0.39, 0.29) is 32.9 Å². The Morgan fingerprint density at radius 3 is 2.65 bits per heavy atom. The molecule has 5 nitrogen and oxygen atoms in total. The van der Waals surface area contributed by atoms with E-state index in [0.29, 0.717) is 6.42 Å². The van der Waals surface area contributed by atoms with Gasteiger partial charge in [0.1, 0.15) is 16.9 Å². The third kappa shape index (κ3) is 4.13. The molecule has 124 valence electrons. The Hall–Kier alpha value is -1.37. The molecule has 1 aliphatic carbocycles. The number of halogens is 4. The minimum atomic E-state index is -1.000. The van der Waals surface area contributed by atoms with E-state index in [1.54, 1.807) is 6.92 Å². The van der Waals surface area contributed by atoms with Crippen molar-refractivity contribution < 1.29 is 18.7 Å². The molecule has 9 heteroatoms. The van der Waals surface area contributed by atoms with E-state index in [2.05, 4.69) is 10.3 Å². The Labute approximate surface area is 146 Å². The van der Waals surface area contributed by atoms with Crippen LogP contribution in [0.4, 0.5) is 4.39 Å². The van der Waals surface area contributed by atoms with E-state index in [4.69, 9.17) is 39.5 Å². The molecule has 2 rings (SSSR count). The Morgan fingerprint density at radius 1 is 1.43 bits per heavy atom. The number of nitrogens with one attached hydrogen (secondary N) is 1. The van der Waals surface area contributed by atoms with Gasteiger partial charge in [-0.3, -0.25) is 4.79 Å². The maximum atomic E-state index is 12.9. The number of rotatable bonds is 6. The zero-order chi connectivity index (χ0) is 17.1. The molecule has 0 aromatic carbocycles. The first-order valence-electron chi connectivity index (χ1n) is 6.68. The highest BCUT2D eigenvalue weighted by atomic mass is 35.5. The van der Waals surface area contributed by atoms with E-state index in [9.17, 15) is 14.0 Å². The number of esters is 1. The highest BCUT2D eigenvalue weighted by Gasteiger charge is 2.37. The molecule has 23 heavy (non-hydrogen) atoms. The zero-order valence-corrected chi connectivity index (χ0v) is 14.2. The fraction of sp³-hybridized carbons (Fsp3) is 0.357. The van der Waals surface area contributed by atoms with Gasteiger partial charge in [0.05, 0.1) is 28.3 Å². The molecule has 2 atom stereocenters. The molecular formula is C14H12Cl3FN2O3. The summed E-state index contributed by atoms with van der Waals surface area (Å²) >= 11 is 17.5. The van der Waals surface area contributed by atoms with Crippen molar-refractivity contribution in [2.45, 2.75) is 25.6 Å². The van der Waals surface area contributed by atoms with Crippen molar-refractivity contribution in [2.75, 3.05) is 6.61 Å². The molecule has 1 fully saturated rings. The van der Waals surface area contributed by atoms with Crippen molar-refractivity contribution in [1.82, 2.24) is 10.3 Å². The lowest BCUT2D eigenvalue weighted by Gasteiger charge is -2.09. The molecule has 0 spiro atoms. The first kappa shape index (κ1) is 18.0. The summed E-state index contributed by atoms with van der Waals surface area (Å²) in [5, 5.41) is 2.38. The number of hydrogen-bond acceptors (Lipinski definition) is 5. The SMILES string of the molecule is CCOC(=O)C(=CN[C@@H]1C[C@@H]1F)C(=O)c1cnc(Cl)c(Cl)c1Cl. The van der Waals surface area contributed by atoms with Crippen molar-refractivity contribution >= 4 is 46.6 Å². The number of aromatic nitrogens is 1. The number of ether oxygens (including phenoxy) is 1. The molecule has 0 saturated heterocycles. The van der Waals surface area contributed by atoms with Crippen LogP contribution in [0.1, 0.15) is 23.7 Å². The van der Waals surface area contributed by atoms with Crippen LogP contribution in [0, 0.1) is 0 Å². The van der Waals surface area contributed by atoms with Gasteiger partial charge in [-0.1, -0.05) is 34.8 Å². The summed E-state index contributed by atoms with van der Waals surface area (Å²) in [4.78, 5) is 28.2. The summed E-state index contributed by atoms with van der Waals surface area (Å²) in [6.07, 6.45) is 1.56. The van der Waals surface area contributed by atoms with Crippen molar-refractivity contribution in [1.29, 1.82) is 0 Å². The summed E-state index contributed by atoms with van der Waals surface area (Å²) in [7, 11) is 0. The lowest BCUT2D eigenvalue weighted by Crippen LogP contribution is -2.21. The zero-order valence-electron chi connectivity index (χ0n) is 11.9. The maximum absolute atomic E-state index is 12.9. The first-order chi connectivity index (χ1) is 10.9. The van der Waals surface area contributed by atoms with Crippen LogP contribution in [0.15, 0.2) is 18.0 Å². The van der Waals surface area contributed by atoms with Crippen LogP contribution in [0.2, 0.25) is 15.2 Å². The number of ketones is 1. The molecule has 0 aliphatic heterocycles. The Balaban J connectivity index is 2.32. The van der Waals surface area contributed by atoms with Gasteiger partial charge in [-0.25, -0.2) is 14.2 Å². The van der Waals surface area contributed by atoms with Crippen LogP contribution >= 0.6 is 34.8 Å². The predicted molar refractivity (Wildman–Crippen MR) is 84.8 cm³/mol. The quantitative estimate of drug-likeness (QED) is 0.204. The van der Waals surface area contributed by atoms with Crippen molar-refractivity contribution in [3.8, 4) is 0 Å². The smallest absolute Gasteiger partial charge is 0.343 e. The Bertz CT molecular complexity index is 681. The summed E-state index contributed by atoms with van der Waals surface area (Å²) < 4.78 is 17.7. The molecule has 0 unspecified atom stereocenters. The lowest BCUT2D eigenvalue weighted by atomic mass is 10.1. The molecule has 1 aliphatic rings. The van der Waals surface area contributed by atoms with E-state index >= 15 is 0 Å². The van der Waals surface area contributed by atoms with Crippen LogP contribution in [0.25, 0.3) is 0 Å². The molecular weight excluding hydrogens is 370 g/mol. The maximum Gasteiger partial charge on any atom is 0.343 e. The molecule has 1 N–H and O–H groups in total. The van der Waals surface area contributed by atoms with Crippen molar-refractivity contribution in [3.63, 3.8) is 0 Å². The average molecular weight is 382 g/mol. The van der Waals surface area contributed by atoms with Gasteiger partial charge >= 0.3 is 5.97 Å². The standard InChI is InChI=1S/C14H12Cl3FN2O3/c1-2-23-14(22)7(5-19-9-3-8(9)18)12(21)6-4-20-13(17)11(16)10(6)15/h4-5,8-9,19H,2-3H2,1H3/t8-,9+/m0/s1. The minimum Gasteiger partial charge on any atom is -0.462 e.